The summed E-state index contributed by atoms with van der Waals surface area (Å²) >= 11 is 6.06. The Labute approximate surface area is 135 Å². The van der Waals surface area contributed by atoms with Crippen molar-refractivity contribution in [1.29, 1.82) is 0 Å². The van der Waals surface area contributed by atoms with Gasteiger partial charge in [-0.2, -0.15) is 0 Å². The monoisotopic (exact) mass is 337 g/mol. The van der Waals surface area contributed by atoms with Crippen molar-refractivity contribution < 1.29 is 24.2 Å². The second-order valence-electron chi connectivity index (χ2n) is 4.32. The molecule has 1 fully saturated rings. The van der Waals surface area contributed by atoms with Gasteiger partial charge in [0.05, 0.1) is 4.91 Å². The number of esters is 1. The zero-order chi connectivity index (χ0) is 16.3. The third-order valence-corrected chi connectivity index (χ3v) is 3.98. The summed E-state index contributed by atoms with van der Waals surface area (Å²) in [6.07, 6.45) is 1.61. The summed E-state index contributed by atoms with van der Waals surface area (Å²) in [4.78, 5) is 35.0. The number of hydrogen-bond acceptors (Lipinski definition) is 6. The number of rotatable bonds is 4. The van der Waals surface area contributed by atoms with Crippen LogP contribution in [0.25, 0.3) is 6.08 Å². The highest BCUT2D eigenvalue weighted by Crippen LogP contribution is 2.32. The highest BCUT2D eigenvalue weighted by Gasteiger charge is 2.33. The zero-order valence-corrected chi connectivity index (χ0v) is 13.1. The molecule has 1 aliphatic heterocycles. The number of carbonyl (C=O) groups excluding carboxylic acids is 2. The van der Waals surface area contributed by atoms with Crippen molar-refractivity contribution in [2.24, 2.45) is 0 Å². The van der Waals surface area contributed by atoms with Crippen LogP contribution in [0.3, 0.4) is 0 Å². The molecule has 1 N–H and O–H groups in total. The predicted molar refractivity (Wildman–Crippen MR) is 85.3 cm³/mol. The van der Waals surface area contributed by atoms with Gasteiger partial charge < -0.3 is 9.84 Å². The number of ether oxygens (including phenoxy) is 1. The molecule has 0 aliphatic carbocycles. The summed E-state index contributed by atoms with van der Waals surface area (Å²) in [6.45, 7) is 0.856. The minimum absolute atomic E-state index is 0.218. The molecule has 1 heterocycles. The smallest absolute Gasteiger partial charge is 0.323 e. The fourth-order valence-electron chi connectivity index (χ4n) is 1.72. The van der Waals surface area contributed by atoms with Gasteiger partial charge >= 0.3 is 11.9 Å². The fourth-order valence-corrected chi connectivity index (χ4v) is 2.98. The summed E-state index contributed by atoms with van der Waals surface area (Å²) in [5.74, 6) is -1.56. The van der Waals surface area contributed by atoms with E-state index in [-0.39, 0.29) is 4.32 Å². The van der Waals surface area contributed by atoms with Crippen LogP contribution in [-0.2, 0) is 14.4 Å². The lowest BCUT2D eigenvalue weighted by Gasteiger charge is -2.10. The normalized spacial score (nSPS) is 16.2. The number of carboxylic acids is 1. The Morgan fingerprint density at radius 3 is 2.55 bits per heavy atom. The van der Waals surface area contributed by atoms with Gasteiger partial charge in [-0.25, -0.2) is 0 Å². The van der Waals surface area contributed by atoms with Crippen molar-refractivity contribution in [3.8, 4) is 5.75 Å². The molecular weight excluding hydrogens is 326 g/mol. The van der Waals surface area contributed by atoms with E-state index in [2.05, 4.69) is 0 Å². The first-order chi connectivity index (χ1) is 10.4. The number of carbonyl (C=O) groups is 3. The van der Waals surface area contributed by atoms with Crippen LogP contribution in [0.4, 0.5) is 0 Å². The SMILES string of the molecule is CC(=O)Oc1ccc(/C=C2\SC(=S)N(CC(=O)O)C2=O)cc1. The lowest BCUT2D eigenvalue weighted by Crippen LogP contribution is -2.33. The van der Waals surface area contributed by atoms with Crippen molar-refractivity contribution in [3.05, 3.63) is 34.7 Å². The van der Waals surface area contributed by atoms with E-state index >= 15 is 0 Å². The molecule has 0 unspecified atom stereocenters. The van der Waals surface area contributed by atoms with Crippen LogP contribution in [0.15, 0.2) is 29.2 Å². The average Bonchev–Trinajstić information content (AvgIpc) is 2.68. The number of benzene rings is 1. The van der Waals surface area contributed by atoms with E-state index in [1.165, 1.54) is 6.92 Å². The van der Waals surface area contributed by atoms with E-state index in [0.29, 0.717) is 16.2 Å². The molecule has 0 spiro atoms. The van der Waals surface area contributed by atoms with Gasteiger partial charge in [0.1, 0.15) is 16.6 Å². The van der Waals surface area contributed by atoms with Gasteiger partial charge in [-0.15, -0.1) is 0 Å². The maximum absolute atomic E-state index is 12.1. The number of amides is 1. The van der Waals surface area contributed by atoms with E-state index in [1.54, 1.807) is 30.3 Å². The molecule has 1 aromatic rings. The van der Waals surface area contributed by atoms with Gasteiger partial charge in [-0.3, -0.25) is 19.3 Å². The quantitative estimate of drug-likeness (QED) is 0.389. The van der Waals surface area contributed by atoms with Crippen LogP contribution in [0.1, 0.15) is 12.5 Å². The first-order valence-corrected chi connectivity index (χ1v) is 7.35. The second kappa shape index (κ2) is 6.71. The van der Waals surface area contributed by atoms with Crippen molar-refractivity contribution in [3.63, 3.8) is 0 Å². The molecule has 1 amide bonds. The van der Waals surface area contributed by atoms with E-state index in [4.69, 9.17) is 22.1 Å². The van der Waals surface area contributed by atoms with Gasteiger partial charge in [-0.1, -0.05) is 36.1 Å². The Bertz CT molecular complexity index is 681. The molecule has 0 saturated carbocycles. The third-order valence-electron chi connectivity index (χ3n) is 2.61. The third kappa shape index (κ3) is 3.92. The Kier molecular flexibility index (Phi) is 4.94. The molecule has 1 aliphatic rings. The summed E-state index contributed by atoms with van der Waals surface area (Å²) in [7, 11) is 0. The zero-order valence-electron chi connectivity index (χ0n) is 11.4. The summed E-state index contributed by atoms with van der Waals surface area (Å²) in [5.41, 5.74) is 0.715. The van der Waals surface area contributed by atoms with Gasteiger partial charge in [-0.05, 0) is 23.8 Å². The van der Waals surface area contributed by atoms with E-state index < -0.39 is 24.4 Å². The molecule has 2 rings (SSSR count). The van der Waals surface area contributed by atoms with Gasteiger partial charge in [0.2, 0.25) is 0 Å². The maximum atomic E-state index is 12.1. The molecular formula is C14H11NO5S2. The number of nitrogens with zero attached hydrogens (tertiary/aromatic N) is 1. The first kappa shape index (κ1) is 16.2. The standard InChI is InChI=1S/C14H11NO5S2/c1-8(16)20-10-4-2-9(3-5-10)6-11-13(19)15(7-12(17)18)14(21)22-11/h2-6H,7H2,1H3,(H,17,18)/b11-6-. The molecule has 22 heavy (non-hydrogen) atoms. The molecule has 0 radical (unpaired) electrons. The minimum Gasteiger partial charge on any atom is -0.480 e. The van der Waals surface area contributed by atoms with Crippen LogP contribution in [0, 0.1) is 0 Å². The molecule has 6 nitrogen and oxygen atoms in total. The van der Waals surface area contributed by atoms with Gasteiger partial charge in [0.25, 0.3) is 5.91 Å². The maximum Gasteiger partial charge on any atom is 0.323 e. The van der Waals surface area contributed by atoms with Crippen LogP contribution in [0.2, 0.25) is 0 Å². The van der Waals surface area contributed by atoms with Crippen LogP contribution < -0.4 is 4.74 Å². The number of aliphatic carboxylic acids is 1. The Morgan fingerprint density at radius 1 is 1.36 bits per heavy atom. The molecule has 1 saturated heterocycles. The summed E-state index contributed by atoms with van der Waals surface area (Å²) in [5, 5.41) is 8.76. The number of thiocarbonyl (C=S) groups is 1. The molecule has 0 aromatic heterocycles. The lowest BCUT2D eigenvalue weighted by atomic mass is 10.2. The lowest BCUT2D eigenvalue weighted by molar-refractivity contribution is -0.140. The Morgan fingerprint density at radius 2 is 2.00 bits per heavy atom. The first-order valence-electron chi connectivity index (χ1n) is 6.12. The molecule has 114 valence electrons. The minimum atomic E-state index is -1.12. The van der Waals surface area contributed by atoms with E-state index in [0.717, 1.165) is 16.7 Å². The molecule has 8 heteroatoms. The summed E-state index contributed by atoms with van der Waals surface area (Å²) < 4.78 is 5.13. The van der Waals surface area contributed by atoms with Gasteiger partial charge in [0, 0.05) is 6.92 Å². The number of carboxylic acid groups (broad SMARTS) is 1. The molecule has 1 aromatic carbocycles. The average molecular weight is 337 g/mol. The highest BCUT2D eigenvalue weighted by atomic mass is 32.2. The highest BCUT2D eigenvalue weighted by molar-refractivity contribution is 8.26. The van der Waals surface area contributed by atoms with Crippen molar-refractivity contribution in [1.82, 2.24) is 4.90 Å². The Balaban J connectivity index is 2.16. The van der Waals surface area contributed by atoms with Gasteiger partial charge in [0.15, 0.2) is 0 Å². The Hall–Kier alpha value is -2.19. The largest absolute Gasteiger partial charge is 0.480 e. The van der Waals surface area contributed by atoms with E-state index in [1.807, 2.05) is 0 Å². The predicted octanol–water partition coefficient (Wildman–Crippen LogP) is 1.90. The van der Waals surface area contributed by atoms with Crippen LogP contribution in [-0.4, -0.2) is 38.7 Å². The molecule has 0 bridgehead atoms. The summed E-state index contributed by atoms with van der Waals surface area (Å²) in [6, 6.07) is 6.57. The van der Waals surface area contributed by atoms with Crippen molar-refractivity contribution in [2.75, 3.05) is 6.54 Å². The molecule has 0 atom stereocenters. The number of hydrogen-bond donors (Lipinski definition) is 1. The fraction of sp³-hybridized carbons (Fsp3) is 0.143. The second-order valence-corrected chi connectivity index (χ2v) is 6.00. The van der Waals surface area contributed by atoms with Crippen LogP contribution >= 0.6 is 24.0 Å². The van der Waals surface area contributed by atoms with E-state index in [9.17, 15) is 14.4 Å². The van der Waals surface area contributed by atoms with Crippen LogP contribution in [0.5, 0.6) is 5.75 Å². The van der Waals surface area contributed by atoms with Crippen molar-refractivity contribution in [2.45, 2.75) is 6.92 Å². The number of thioether (sulfide) groups is 1. The van der Waals surface area contributed by atoms with Crippen molar-refractivity contribution >= 4 is 52.2 Å². The topological polar surface area (TPSA) is 83.9 Å².